The van der Waals surface area contributed by atoms with Gasteiger partial charge in [0.05, 0.1) is 0 Å². The summed E-state index contributed by atoms with van der Waals surface area (Å²) in [6, 6.07) is 11.9. The average molecular weight is 228 g/mol. The fraction of sp³-hybridized carbons (Fsp3) is 0.0714. The fourth-order valence-corrected chi connectivity index (χ4v) is 1.88. The molecule has 16 heavy (non-hydrogen) atoms. The second-order valence-electron chi connectivity index (χ2n) is 3.49. The second kappa shape index (κ2) is 4.99. The number of rotatable bonds is 3. The lowest BCUT2D eigenvalue weighted by atomic mass is 9.99. The highest BCUT2D eigenvalue weighted by Crippen LogP contribution is 2.22. The van der Waals surface area contributed by atoms with E-state index in [0.29, 0.717) is 5.75 Å². The molecule has 0 heterocycles. The van der Waals surface area contributed by atoms with Crippen molar-refractivity contribution in [3.8, 4) is 0 Å². The van der Waals surface area contributed by atoms with Gasteiger partial charge in [0.25, 0.3) is 0 Å². The van der Waals surface area contributed by atoms with Crippen LogP contribution in [0.25, 0.3) is 16.8 Å². The van der Waals surface area contributed by atoms with Gasteiger partial charge in [-0.15, -0.1) is 0 Å². The van der Waals surface area contributed by atoms with Gasteiger partial charge in [0.2, 0.25) is 0 Å². The molecule has 0 amide bonds. The lowest BCUT2D eigenvalue weighted by Gasteiger charge is -2.05. The zero-order valence-electron chi connectivity index (χ0n) is 8.76. The number of carbonyl (C=O) groups excluding carboxylic acids is 1. The predicted octanol–water partition coefficient (Wildman–Crippen LogP) is 3.60. The number of hydrogen-bond donors (Lipinski definition) is 1. The maximum absolute atomic E-state index is 11.0. The van der Waals surface area contributed by atoms with Crippen LogP contribution >= 0.6 is 12.6 Å². The quantitative estimate of drug-likeness (QED) is 0.627. The second-order valence-corrected chi connectivity index (χ2v) is 3.86. The molecule has 80 valence electrons. The summed E-state index contributed by atoms with van der Waals surface area (Å²) in [6.07, 6.45) is 4.79. The third kappa shape index (κ3) is 2.02. The molecule has 0 N–H and O–H groups in total. The number of carbonyl (C=O) groups is 1. The van der Waals surface area contributed by atoms with Gasteiger partial charge in [-0.05, 0) is 16.3 Å². The van der Waals surface area contributed by atoms with Crippen molar-refractivity contribution >= 4 is 35.8 Å². The molecule has 1 nitrogen and oxygen atoms in total. The molecule has 0 radical (unpaired) electrons. The first-order valence-corrected chi connectivity index (χ1v) is 5.74. The SMILES string of the molecule is O=Cc1ccc2ccccc2c1C=CCS. The summed E-state index contributed by atoms with van der Waals surface area (Å²) in [5.41, 5.74) is 1.69. The monoisotopic (exact) mass is 228 g/mol. The Kier molecular flexibility index (Phi) is 3.42. The molecule has 0 saturated heterocycles. The van der Waals surface area contributed by atoms with E-state index in [9.17, 15) is 4.79 Å². The lowest BCUT2D eigenvalue weighted by Crippen LogP contribution is -1.88. The van der Waals surface area contributed by atoms with Crippen LogP contribution in [-0.2, 0) is 0 Å². The summed E-state index contributed by atoms with van der Waals surface area (Å²) in [7, 11) is 0. The van der Waals surface area contributed by atoms with Gasteiger partial charge < -0.3 is 0 Å². The van der Waals surface area contributed by atoms with E-state index < -0.39 is 0 Å². The molecule has 2 rings (SSSR count). The van der Waals surface area contributed by atoms with E-state index >= 15 is 0 Å². The Labute approximate surface area is 100 Å². The normalized spacial score (nSPS) is 11.1. The summed E-state index contributed by atoms with van der Waals surface area (Å²) in [5, 5.41) is 2.25. The molecule has 0 saturated carbocycles. The Bertz CT molecular complexity index is 543. The van der Waals surface area contributed by atoms with Crippen LogP contribution in [0, 0.1) is 0 Å². The lowest BCUT2D eigenvalue weighted by molar-refractivity contribution is 0.112. The average Bonchev–Trinajstić information content (AvgIpc) is 2.35. The molecule has 2 aromatic rings. The van der Waals surface area contributed by atoms with Gasteiger partial charge in [0, 0.05) is 11.3 Å². The highest BCUT2D eigenvalue weighted by molar-refractivity contribution is 7.80. The van der Waals surface area contributed by atoms with E-state index in [0.717, 1.165) is 28.2 Å². The standard InChI is InChI=1S/C14H12OS/c15-10-12-8-7-11-4-1-2-5-13(11)14(12)6-3-9-16/h1-8,10,16H,9H2. The number of aldehydes is 1. The van der Waals surface area contributed by atoms with Crippen molar-refractivity contribution in [3.63, 3.8) is 0 Å². The Morgan fingerprint density at radius 1 is 1.12 bits per heavy atom. The molecule has 2 heteroatoms. The minimum absolute atomic E-state index is 0.668. The summed E-state index contributed by atoms with van der Waals surface area (Å²) >= 11 is 4.13. The highest BCUT2D eigenvalue weighted by Gasteiger charge is 2.03. The van der Waals surface area contributed by atoms with E-state index in [1.54, 1.807) is 0 Å². The van der Waals surface area contributed by atoms with Gasteiger partial charge in [0.1, 0.15) is 0 Å². The molecular weight excluding hydrogens is 216 g/mol. The van der Waals surface area contributed by atoms with Crippen molar-refractivity contribution in [3.05, 3.63) is 53.6 Å². The summed E-state index contributed by atoms with van der Waals surface area (Å²) < 4.78 is 0. The number of thiol groups is 1. The van der Waals surface area contributed by atoms with Gasteiger partial charge in [-0.25, -0.2) is 0 Å². The van der Waals surface area contributed by atoms with E-state index in [2.05, 4.69) is 12.6 Å². The summed E-state index contributed by atoms with van der Waals surface area (Å²) in [5.74, 6) is 0.668. The van der Waals surface area contributed by atoms with E-state index in [4.69, 9.17) is 0 Å². The first kappa shape index (κ1) is 11.0. The minimum Gasteiger partial charge on any atom is -0.298 e. The molecule has 0 spiro atoms. The third-order valence-electron chi connectivity index (χ3n) is 2.52. The molecule has 0 aliphatic carbocycles. The fourth-order valence-electron chi connectivity index (χ4n) is 1.77. The van der Waals surface area contributed by atoms with Crippen LogP contribution in [-0.4, -0.2) is 12.0 Å². The van der Waals surface area contributed by atoms with E-state index in [1.165, 1.54) is 0 Å². The van der Waals surface area contributed by atoms with Crippen molar-refractivity contribution in [1.29, 1.82) is 0 Å². The summed E-state index contributed by atoms with van der Waals surface area (Å²) in [6.45, 7) is 0. The van der Waals surface area contributed by atoms with E-state index in [1.807, 2.05) is 48.6 Å². The third-order valence-corrected chi connectivity index (χ3v) is 2.73. The maximum Gasteiger partial charge on any atom is 0.150 e. The number of hydrogen-bond acceptors (Lipinski definition) is 2. The smallest absolute Gasteiger partial charge is 0.150 e. The Morgan fingerprint density at radius 2 is 1.94 bits per heavy atom. The van der Waals surface area contributed by atoms with Crippen molar-refractivity contribution in [2.75, 3.05) is 5.75 Å². The largest absolute Gasteiger partial charge is 0.298 e. The Balaban J connectivity index is 2.72. The molecule has 0 aliphatic rings. The molecule has 0 fully saturated rings. The topological polar surface area (TPSA) is 17.1 Å². The highest BCUT2D eigenvalue weighted by atomic mass is 32.1. The van der Waals surface area contributed by atoms with Crippen molar-refractivity contribution in [2.24, 2.45) is 0 Å². The van der Waals surface area contributed by atoms with Gasteiger partial charge in [-0.1, -0.05) is 48.6 Å². The van der Waals surface area contributed by atoms with Crippen molar-refractivity contribution in [1.82, 2.24) is 0 Å². The van der Waals surface area contributed by atoms with Crippen LogP contribution in [0.3, 0.4) is 0 Å². The predicted molar refractivity (Wildman–Crippen MR) is 72.2 cm³/mol. The first-order chi connectivity index (χ1) is 7.86. The molecule has 0 bridgehead atoms. The minimum atomic E-state index is 0.668. The van der Waals surface area contributed by atoms with Crippen LogP contribution in [0.2, 0.25) is 0 Å². The van der Waals surface area contributed by atoms with Gasteiger partial charge in [-0.3, -0.25) is 4.79 Å². The Hall–Kier alpha value is -1.54. The molecule has 0 aromatic heterocycles. The number of benzene rings is 2. The zero-order chi connectivity index (χ0) is 11.4. The van der Waals surface area contributed by atoms with Gasteiger partial charge >= 0.3 is 0 Å². The van der Waals surface area contributed by atoms with Crippen LogP contribution in [0.4, 0.5) is 0 Å². The first-order valence-electron chi connectivity index (χ1n) is 5.11. The van der Waals surface area contributed by atoms with Crippen LogP contribution in [0.5, 0.6) is 0 Å². The molecule has 0 aliphatic heterocycles. The van der Waals surface area contributed by atoms with Crippen LogP contribution in [0.15, 0.2) is 42.5 Å². The van der Waals surface area contributed by atoms with Gasteiger partial charge in [0.15, 0.2) is 6.29 Å². The molecule has 0 atom stereocenters. The molecule has 2 aromatic carbocycles. The molecule has 0 unspecified atom stereocenters. The maximum atomic E-state index is 11.0. The summed E-state index contributed by atoms with van der Waals surface area (Å²) in [4.78, 5) is 11.0. The van der Waals surface area contributed by atoms with Crippen LogP contribution < -0.4 is 0 Å². The van der Waals surface area contributed by atoms with E-state index in [-0.39, 0.29) is 0 Å². The number of fused-ring (bicyclic) bond motifs is 1. The van der Waals surface area contributed by atoms with Gasteiger partial charge in [-0.2, -0.15) is 12.6 Å². The van der Waals surface area contributed by atoms with Crippen molar-refractivity contribution < 1.29 is 4.79 Å². The van der Waals surface area contributed by atoms with Crippen LogP contribution in [0.1, 0.15) is 15.9 Å². The molecular formula is C14H12OS. The van der Waals surface area contributed by atoms with Crippen molar-refractivity contribution in [2.45, 2.75) is 0 Å². The Morgan fingerprint density at radius 3 is 2.69 bits per heavy atom. The zero-order valence-corrected chi connectivity index (χ0v) is 9.65.